The quantitative estimate of drug-likeness (QED) is 0.250. The van der Waals surface area contributed by atoms with E-state index in [-0.39, 0.29) is 22.6 Å². The number of carboxylic acids is 1. The molecule has 2 heterocycles. The van der Waals surface area contributed by atoms with Crippen molar-refractivity contribution < 1.29 is 19.1 Å². The van der Waals surface area contributed by atoms with Crippen molar-refractivity contribution in [1.82, 2.24) is 0 Å². The summed E-state index contributed by atoms with van der Waals surface area (Å²) in [6.07, 6.45) is 7.81. The van der Waals surface area contributed by atoms with Crippen molar-refractivity contribution in [1.29, 1.82) is 0 Å². The van der Waals surface area contributed by atoms with Gasteiger partial charge in [0.1, 0.15) is 10.6 Å². The van der Waals surface area contributed by atoms with E-state index in [0.717, 1.165) is 23.5 Å². The molecule has 3 aromatic rings. The zero-order chi connectivity index (χ0) is 23.4. The maximum absolute atomic E-state index is 11.0. The van der Waals surface area contributed by atoms with E-state index in [4.69, 9.17) is 25.9 Å². The van der Waals surface area contributed by atoms with E-state index >= 15 is 0 Å². The van der Waals surface area contributed by atoms with Crippen molar-refractivity contribution in [2.24, 2.45) is 11.8 Å². The molecule has 0 radical (unpaired) electrons. The third kappa shape index (κ3) is 5.60. The molecule has 0 saturated heterocycles. The summed E-state index contributed by atoms with van der Waals surface area (Å²) in [5, 5.41) is 9.04. The van der Waals surface area contributed by atoms with Gasteiger partial charge < -0.3 is 14.3 Å². The van der Waals surface area contributed by atoms with E-state index in [1.165, 1.54) is 22.5 Å². The van der Waals surface area contributed by atoms with E-state index < -0.39 is 5.97 Å². The molecule has 2 unspecified atom stereocenters. The molecule has 0 spiro atoms. The first-order valence-corrected chi connectivity index (χ1v) is 12.5. The Hall–Kier alpha value is -2.34. The molecule has 4 rings (SSSR count). The van der Waals surface area contributed by atoms with Crippen LogP contribution in [-0.2, 0) is 23.2 Å². The molecule has 0 bridgehead atoms. The lowest BCUT2D eigenvalue weighted by Gasteiger charge is -2.23. The molecule has 3 atom stereocenters. The maximum Gasteiger partial charge on any atom is 0.345 e. The Labute approximate surface area is 203 Å². The number of aryl methyl sites for hydroxylation is 1. The van der Waals surface area contributed by atoms with Gasteiger partial charge in [-0.2, -0.15) is 0 Å². The second kappa shape index (κ2) is 10.3. The maximum atomic E-state index is 11.0. The SMILES string of the molecule is CC(C)(c1ccccc1)c1coc(CCC2C(Cl)C=C[C@@H]2COCc2ccc(C(=O)O)s2)c1. The number of benzene rings is 1. The van der Waals surface area contributed by atoms with Gasteiger partial charge in [-0.05, 0) is 36.1 Å². The van der Waals surface area contributed by atoms with Crippen molar-refractivity contribution in [2.45, 2.75) is 44.1 Å². The molecule has 1 aliphatic rings. The number of ether oxygens (including phenoxy) is 1. The summed E-state index contributed by atoms with van der Waals surface area (Å²) in [5.74, 6) is 0.592. The van der Waals surface area contributed by atoms with Crippen LogP contribution in [0.5, 0.6) is 0 Å². The number of carbonyl (C=O) groups is 1. The van der Waals surface area contributed by atoms with Crippen LogP contribution in [0.1, 0.15) is 51.7 Å². The van der Waals surface area contributed by atoms with Gasteiger partial charge >= 0.3 is 5.97 Å². The van der Waals surface area contributed by atoms with Gasteiger partial charge in [0.15, 0.2) is 0 Å². The van der Waals surface area contributed by atoms with E-state index in [1.54, 1.807) is 6.07 Å². The number of halogens is 1. The number of aromatic carboxylic acids is 1. The van der Waals surface area contributed by atoms with Crippen molar-refractivity contribution in [3.8, 4) is 0 Å². The highest BCUT2D eigenvalue weighted by Crippen LogP contribution is 2.36. The molecule has 4 nitrogen and oxygen atoms in total. The van der Waals surface area contributed by atoms with Gasteiger partial charge in [-0.15, -0.1) is 22.9 Å². The van der Waals surface area contributed by atoms with Crippen LogP contribution < -0.4 is 0 Å². The standard InChI is InChI=1S/C27H29ClO4S/c1-27(2,19-6-4-3-5-7-19)20-14-21(32-16-20)9-11-23-18(8-12-24(23)28)15-31-17-22-10-13-25(33-22)26(29)30/h3-8,10,12-14,16,18,23-24H,9,11,15,17H2,1-2H3,(H,29,30)/t18-,23?,24?/m1/s1. The lowest BCUT2D eigenvalue weighted by atomic mass is 9.79. The van der Waals surface area contributed by atoms with Gasteiger partial charge in [-0.25, -0.2) is 4.79 Å². The van der Waals surface area contributed by atoms with Crippen LogP contribution >= 0.6 is 22.9 Å². The number of rotatable bonds is 10. The van der Waals surface area contributed by atoms with Crippen molar-refractivity contribution in [2.75, 3.05) is 6.61 Å². The van der Waals surface area contributed by atoms with Crippen LogP contribution in [0.2, 0.25) is 0 Å². The minimum atomic E-state index is -0.900. The summed E-state index contributed by atoms with van der Waals surface area (Å²) >= 11 is 7.85. The Kier molecular flexibility index (Phi) is 7.42. The smallest absolute Gasteiger partial charge is 0.345 e. The van der Waals surface area contributed by atoms with Crippen LogP contribution in [0, 0.1) is 11.8 Å². The van der Waals surface area contributed by atoms with E-state index in [2.05, 4.69) is 56.3 Å². The van der Waals surface area contributed by atoms with Gasteiger partial charge in [0, 0.05) is 28.2 Å². The van der Waals surface area contributed by atoms with Gasteiger partial charge in [-0.1, -0.05) is 56.3 Å². The topological polar surface area (TPSA) is 59.7 Å². The predicted molar refractivity (Wildman–Crippen MR) is 132 cm³/mol. The van der Waals surface area contributed by atoms with Crippen LogP contribution in [-0.4, -0.2) is 23.1 Å². The summed E-state index contributed by atoms with van der Waals surface area (Å²) in [6, 6.07) is 16.1. The van der Waals surface area contributed by atoms with E-state index in [9.17, 15) is 4.79 Å². The lowest BCUT2D eigenvalue weighted by Crippen LogP contribution is -2.21. The lowest BCUT2D eigenvalue weighted by molar-refractivity contribution is 0.0702. The predicted octanol–water partition coefficient (Wildman–Crippen LogP) is 6.92. The zero-order valence-corrected chi connectivity index (χ0v) is 20.4. The minimum absolute atomic E-state index is 0.0193. The van der Waals surface area contributed by atoms with Crippen molar-refractivity contribution >= 4 is 28.9 Å². The fraction of sp³-hybridized carbons (Fsp3) is 0.370. The highest BCUT2D eigenvalue weighted by Gasteiger charge is 2.31. The highest BCUT2D eigenvalue weighted by atomic mass is 35.5. The molecule has 1 aromatic carbocycles. The Balaban J connectivity index is 1.31. The largest absolute Gasteiger partial charge is 0.477 e. The van der Waals surface area contributed by atoms with E-state index in [0.29, 0.717) is 18.1 Å². The second-order valence-corrected chi connectivity index (χ2v) is 10.7. The number of carboxylic acid groups (broad SMARTS) is 1. The minimum Gasteiger partial charge on any atom is -0.477 e. The summed E-state index contributed by atoms with van der Waals surface area (Å²) < 4.78 is 11.8. The number of furan rings is 1. The Morgan fingerprint density at radius 3 is 2.67 bits per heavy atom. The first-order chi connectivity index (χ1) is 15.8. The van der Waals surface area contributed by atoms with Crippen LogP contribution in [0.4, 0.5) is 0 Å². The molecule has 0 aliphatic heterocycles. The Bertz CT molecular complexity index is 1100. The number of allylic oxidation sites excluding steroid dienone is 1. The summed E-state index contributed by atoms with van der Waals surface area (Å²) in [7, 11) is 0. The van der Waals surface area contributed by atoms with Crippen molar-refractivity contribution in [3.63, 3.8) is 0 Å². The molecule has 1 aliphatic carbocycles. The molecule has 0 fully saturated rings. The fourth-order valence-corrected chi connectivity index (χ4v) is 5.54. The van der Waals surface area contributed by atoms with Gasteiger partial charge in [0.05, 0.1) is 24.9 Å². The number of thiophene rings is 1. The van der Waals surface area contributed by atoms with Crippen LogP contribution in [0.25, 0.3) is 0 Å². The first-order valence-electron chi connectivity index (χ1n) is 11.2. The second-order valence-electron chi connectivity index (χ2n) is 9.07. The number of hydrogen-bond acceptors (Lipinski definition) is 4. The van der Waals surface area contributed by atoms with Crippen LogP contribution in [0.3, 0.4) is 0 Å². The number of alkyl halides is 1. The molecular formula is C27H29ClO4S. The summed E-state index contributed by atoms with van der Waals surface area (Å²) in [4.78, 5) is 12.3. The molecule has 6 heteroatoms. The molecule has 33 heavy (non-hydrogen) atoms. The van der Waals surface area contributed by atoms with Crippen molar-refractivity contribution in [3.05, 3.63) is 93.6 Å². The fourth-order valence-electron chi connectivity index (χ4n) is 4.36. The van der Waals surface area contributed by atoms with E-state index in [1.807, 2.05) is 18.4 Å². The zero-order valence-electron chi connectivity index (χ0n) is 18.9. The third-order valence-electron chi connectivity index (χ3n) is 6.52. The monoisotopic (exact) mass is 484 g/mol. The number of hydrogen-bond donors (Lipinski definition) is 1. The normalized spacial score (nSPS) is 20.4. The average Bonchev–Trinajstić information content (AvgIpc) is 3.54. The Morgan fingerprint density at radius 1 is 1.15 bits per heavy atom. The molecule has 0 saturated carbocycles. The molecule has 2 aromatic heterocycles. The Morgan fingerprint density at radius 2 is 1.94 bits per heavy atom. The highest BCUT2D eigenvalue weighted by molar-refractivity contribution is 7.13. The van der Waals surface area contributed by atoms with Gasteiger partial charge in [0.2, 0.25) is 0 Å². The average molecular weight is 485 g/mol. The summed E-state index contributed by atoms with van der Waals surface area (Å²) in [5.41, 5.74) is 2.31. The molecular weight excluding hydrogens is 456 g/mol. The summed E-state index contributed by atoms with van der Waals surface area (Å²) in [6.45, 7) is 5.41. The molecule has 0 amide bonds. The van der Waals surface area contributed by atoms with Gasteiger partial charge in [0.25, 0.3) is 0 Å². The first kappa shape index (κ1) is 23.8. The molecule has 1 N–H and O–H groups in total. The van der Waals surface area contributed by atoms with Gasteiger partial charge in [-0.3, -0.25) is 0 Å². The molecule has 174 valence electrons. The van der Waals surface area contributed by atoms with Crippen LogP contribution in [0.15, 0.2) is 71.4 Å². The third-order valence-corrected chi connectivity index (χ3v) is 8.04.